The van der Waals surface area contributed by atoms with Gasteiger partial charge in [-0.2, -0.15) is 0 Å². The number of nitrogens with zero attached hydrogens (tertiary/aromatic N) is 1. The molecule has 2 aliphatic rings. The molecule has 0 radical (unpaired) electrons. The summed E-state index contributed by atoms with van der Waals surface area (Å²) in [5, 5.41) is 3.72. The van der Waals surface area contributed by atoms with E-state index in [1.807, 2.05) is 0 Å². The highest BCUT2D eigenvalue weighted by atomic mass is 15.2. The topological polar surface area (TPSA) is 15.3 Å². The minimum absolute atomic E-state index is 0.717. The first-order chi connectivity index (χ1) is 9.78. The Labute approximate surface area is 123 Å². The number of hydrogen-bond donors (Lipinski definition) is 1. The molecule has 2 nitrogen and oxygen atoms in total. The monoisotopic (exact) mass is 272 g/mol. The van der Waals surface area contributed by atoms with Gasteiger partial charge in [0.15, 0.2) is 0 Å². The van der Waals surface area contributed by atoms with Crippen LogP contribution >= 0.6 is 0 Å². The highest BCUT2D eigenvalue weighted by Gasteiger charge is 2.42. The molecule has 3 rings (SSSR count). The fourth-order valence-electron chi connectivity index (χ4n) is 3.64. The summed E-state index contributed by atoms with van der Waals surface area (Å²) < 4.78 is 0. The Balaban J connectivity index is 1.62. The van der Waals surface area contributed by atoms with Gasteiger partial charge in [-0.15, -0.1) is 0 Å². The Bertz CT molecular complexity index is 417. The summed E-state index contributed by atoms with van der Waals surface area (Å²) in [6.07, 6.45) is 3.93. The van der Waals surface area contributed by atoms with Gasteiger partial charge in [-0.3, -0.25) is 4.90 Å². The van der Waals surface area contributed by atoms with Crippen molar-refractivity contribution in [3.63, 3.8) is 0 Å². The fourth-order valence-corrected chi connectivity index (χ4v) is 3.64. The lowest BCUT2D eigenvalue weighted by atomic mass is 10.0. The third-order valence-corrected chi connectivity index (χ3v) is 5.01. The van der Waals surface area contributed by atoms with Gasteiger partial charge in [0.2, 0.25) is 0 Å². The first-order valence-corrected chi connectivity index (χ1v) is 8.30. The Hall–Kier alpha value is -0.860. The van der Waals surface area contributed by atoms with Crippen molar-refractivity contribution in [2.24, 2.45) is 5.92 Å². The summed E-state index contributed by atoms with van der Waals surface area (Å²) in [5.41, 5.74) is 1.54. The van der Waals surface area contributed by atoms with Crippen molar-refractivity contribution < 1.29 is 0 Å². The molecule has 20 heavy (non-hydrogen) atoms. The minimum Gasteiger partial charge on any atom is -0.314 e. The summed E-state index contributed by atoms with van der Waals surface area (Å²) in [5.74, 6) is 1.55. The summed E-state index contributed by atoms with van der Waals surface area (Å²) in [6, 6.07) is 12.6. The van der Waals surface area contributed by atoms with Crippen molar-refractivity contribution in [1.29, 1.82) is 0 Å². The molecule has 0 spiro atoms. The second-order valence-corrected chi connectivity index (χ2v) is 6.72. The zero-order valence-corrected chi connectivity index (χ0v) is 12.9. The lowest BCUT2D eigenvalue weighted by Gasteiger charge is -2.32. The Morgan fingerprint density at radius 1 is 1.25 bits per heavy atom. The van der Waals surface area contributed by atoms with E-state index < -0.39 is 0 Å². The Morgan fingerprint density at radius 3 is 2.80 bits per heavy atom. The molecule has 1 N–H and O–H groups in total. The molecule has 1 saturated carbocycles. The number of benzene rings is 1. The fraction of sp³-hybridized carbons (Fsp3) is 0.667. The van der Waals surface area contributed by atoms with E-state index in [-0.39, 0.29) is 0 Å². The van der Waals surface area contributed by atoms with E-state index in [9.17, 15) is 0 Å². The van der Waals surface area contributed by atoms with Gasteiger partial charge in [-0.1, -0.05) is 44.2 Å². The van der Waals surface area contributed by atoms with E-state index in [1.165, 1.54) is 44.5 Å². The first-order valence-electron chi connectivity index (χ1n) is 8.30. The molecule has 1 aliphatic carbocycles. The highest BCUT2D eigenvalue weighted by molar-refractivity contribution is 5.27. The molecule has 0 amide bonds. The molecule has 4 unspecified atom stereocenters. The highest BCUT2D eigenvalue weighted by Crippen LogP contribution is 2.45. The van der Waals surface area contributed by atoms with Crippen LogP contribution in [0, 0.1) is 5.92 Å². The quantitative estimate of drug-likeness (QED) is 0.908. The maximum Gasteiger partial charge on any atom is 0.0171 e. The predicted molar refractivity (Wildman–Crippen MR) is 85.0 cm³/mol. The van der Waals surface area contributed by atoms with Crippen molar-refractivity contribution in [3.05, 3.63) is 35.9 Å². The average Bonchev–Trinajstić information content (AvgIpc) is 3.25. The van der Waals surface area contributed by atoms with Gasteiger partial charge >= 0.3 is 0 Å². The molecule has 2 fully saturated rings. The molecule has 1 aromatic rings. The molecule has 1 aromatic carbocycles. The first kappa shape index (κ1) is 14.1. The minimum atomic E-state index is 0.717. The van der Waals surface area contributed by atoms with Gasteiger partial charge in [-0.25, -0.2) is 0 Å². The summed E-state index contributed by atoms with van der Waals surface area (Å²) >= 11 is 0. The van der Waals surface area contributed by atoms with Gasteiger partial charge in [0, 0.05) is 24.5 Å². The molecule has 2 heteroatoms. The average molecular weight is 272 g/mol. The second-order valence-electron chi connectivity index (χ2n) is 6.72. The van der Waals surface area contributed by atoms with Crippen LogP contribution < -0.4 is 5.32 Å². The van der Waals surface area contributed by atoms with Crippen LogP contribution in [0.5, 0.6) is 0 Å². The lowest BCUT2D eigenvalue weighted by Crippen LogP contribution is -2.44. The van der Waals surface area contributed by atoms with Crippen molar-refractivity contribution in [3.8, 4) is 0 Å². The molecule has 1 heterocycles. The molecular formula is C18H28N2. The van der Waals surface area contributed by atoms with Crippen LogP contribution in [-0.4, -0.2) is 36.6 Å². The number of nitrogens with one attached hydrogen (secondary N) is 1. The normalized spacial score (nSPS) is 35.3. The third kappa shape index (κ3) is 3.24. The molecule has 110 valence electrons. The van der Waals surface area contributed by atoms with E-state index in [4.69, 9.17) is 0 Å². The maximum atomic E-state index is 3.72. The van der Waals surface area contributed by atoms with Gasteiger partial charge in [-0.05, 0) is 43.8 Å². The van der Waals surface area contributed by atoms with Crippen LogP contribution in [0.3, 0.4) is 0 Å². The van der Waals surface area contributed by atoms with Gasteiger partial charge < -0.3 is 5.32 Å². The predicted octanol–water partition coefficient (Wildman–Crippen LogP) is 3.25. The largest absolute Gasteiger partial charge is 0.314 e. The molecule has 0 aromatic heterocycles. The standard InChI is InChI=1S/C18H28N2/c1-3-16-9-10-20(13-14(2)12-19-16)18-11-17(18)15-7-5-4-6-8-15/h4-8,14,16-19H,3,9-13H2,1-2H3. The second kappa shape index (κ2) is 6.28. The van der Waals surface area contributed by atoms with Gasteiger partial charge in [0.25, 0.3) is 0 Å². The molecule has 4 atom stereocenters. The Morgan fingerprint density at radius 2 is 2.05 bits per heavy atom. The van der Waals surface area contributed by atoms with Crippen molar-refractivity contribution in [2.45, 2.75) is 51.1 Å². The van der Waals surface area contributed by atoms with E-state index in [1.54, 1.807) is 0 Å². The van der Waals surface area contributed by atoms with E-state index in [0.717, 1.165) is 17.9 Å². The van der Waals surface area contributed by atoms with Gasteiger partial charge in [0.05, 0.1) is 0 Å². The summed E-state index contributed by atoms with van der Waals surface area (Å²) in [4.78, 5) is 2.77. The summed E-state index contributed by atoms with van der Waals surface area (Å²) in [7, 11) is 0. The van der Waals surface area contributed by atoms with E-state index in [2.05, 4.69) is 54.4 Å². The molecule has 0 bridgehead atoms. The number of rotatable bonds is 3. The van der Waals surface area contributed by atoms with E-state index in [0.29, 0.717) is 6.04 Å². The molecular weight excluding hydrogens is 244 g/mol. The van der Waals surface area contributed by atoms with Crippen LogP contribution in [0.2, 0.25) is 0 Å². The molecule has 1 aliphatic heterocycles. The maximum absolute atomic E-state index is 3.72. The summed E-state index contributed by atoms with van der Waals surface area (Å²) in [6.45, 7) is 8.40. The van der Waals surface area contributed by atoms with Crippen LogP contribution in [0.15, 0.2) is 30.3 Å². The zero-order valence-electron chi connectivity index (χ0n) is 12.9. The van der Waals surface area contributed by atoms with Crippen LogP contribution in [0.25, 0.3) is 0 Å². The lowest BCUT2D eigenvalue weighted by molar-refractivity contribution is 0.186. The smallest absolute Gasteiger partial charge is 0.0171 e. The van der Waals surface area contributed by atoms with Crippen molar-refractivity contribution in [2.75, 3.05) is 19.6 Å². The van der Waals surface area contributed by atoms with Crippen LogP contribution in [0.1, 0.15) is 44.6 Å². The van der Waals surface area contributed by atoms with Crippen LogP contribution in [-0.2, 0) is 0 Å². The SMILES string of the molecule is CCC1CCN(C2CC2c2ccccc2)CC(C)CN1. The van der Waals surface area contributed by atoms with Crippen molar-refractivity contribution >= 4 is 0 Å². The molecule has 1 saturated heterocycles. The van der Waals surface area contributed by atoms with Crippen LogP contribution in [0.4, 0.5) is 0 Å². The number of hydrogen-bond acceptors (Lipinski definition) is 2. The van der Waals surface area contributed by atoms with E-state index >= 15 is 0 Å². The van der Waals surface area contributed by atoms with Gasteiger partial charge in [0.1, 0.15) is 0 Å². The Kier molecular flexibility index (Phi) is 4.42. The van der Waals surface area contributed by atoms with Crippen molar-refractivity contribution in [1.82, 2.24) is 10.2 Å². The third-order valence-electron chi connectivity index (χ3n) is 5.01. The zero-order chi connectivity index (χ0) is 13.9.